The van der Waals surface area contributed by atoms with E-state index in [0.717, 1.165) is 40.8 Å². The molecule has 3 aromatic carbocycles. The van der Waals surface area contributed by atoms with Gasteiger partial charge in [0, 0.05) is 34.8 Å². The number of hydrogen-bond acceptors (Lipinski definition) is 4. The van der Waals surface area contributed by atoms with Crippen LogP contribution in [0.1, 0.15) is 42.6 Å². The highest BCUT2D eigenvalue weighted by molar-refractivity contribution is 5.94. The maximum Gasteiger partial charge on any atom is 0.305 e. The van der Waals surface area contributed by atoms with Crippen molar-refractivity contribution in [1.82, 2.24) is 5.32 Å². The van der Waals surface area contributed by atoms with Crippen LogP contribution in [0.25, 0.3) is 22.3 Å². The molecule has 3 N–H and O–H groups in total. The van der Waals surface area contributed by atoms with Crippen molar-refractivity contribution in [1.29, 1.82) is 0 Å². The van der Waals surface area contributed by atoms with Gasteiger partial charge >= 0.3 is 5.97 Å². The molecule has 0 aliphatic heterocycles. The highest BCUT2D eigenvalue weighted by atomic mass is 16.4. The maximum atomic E-state index is 12.2. The molecular formula is C30H32N2O4. The van der Waals surface area contributed by atoms with Gasteiger partial charge in [0.05, 0.1) is 6.42 Å². The van der Waals surface area contributed by atoms with Crippen molar-refractivity contribution >= 4 is 28.5 Å². The summed E-state index contributed by atoms with van der Waals surface area (Å²) in [5.74, 6) is 0.185. The summed E-state index contributed by atoms with van der Waals surface area (Å²) in [5.41, 5.74) is 4.64. The Balaban J connectivity index is 1.39. The van der Waals surface area contributed by atoms with Crippen molar-refractivity contribution < 1.29 is 19.1 Å². The Morgan fingerprint density at radius 3 is 2.33 bits per heavy atom. The number of benzene rings is 3. The Bertz CT molecular complexity index is 1270. The zero-order chi connectivity index (χ0) is 25.5. The second-order valence-corrected chi connectivity index (χ2v) is 9.50. The molecule has 6 nitrogen and oxygen atoms in total. The van der Waals surface area contributed by atoms with Gasteiger partial charge in [0.1, 0.15) is 11.3 Å². The zero-order valence-corrected chi connectivity index (χ0v) is 20.7. The second kappa shape index (κ2) is 11.6. The molecule has 1 amide bonds. The van der Waals surface area contributed by atoms with Crippen LogP contribution in [0.4, 0.5) is 5.69 Å². The lowest BCUT2D eigenvalue weighted by Gasteiger charge is -2.22. The predicted molar refractivity (Wildman–Crippen MR) is 143 cm³/mol. The summed E-state index contributed by atoms with van der Waals surface area (Å²) in [6, 6.07) is 26.2. The van der Waals surface area contributed by atoms with Gasteiger partial charge in [-0.05, 0) is 60.7 Å². The van der Waals surface area contributed by atoms with Crippen LogP contribution in [0.3, 0.4) is 0 Å². The average molecular weight is 485 g/mol. The molecule has 1 heterocycles. The quantitative estimate of drug-likeness (QED) is 0.230. The Labute approximate surface area is 211 Å². The van der Waals surface area contributed by atoms with Crippen LogP contribution in [0, 0.1) is 5.92 Å². The topological polar surface area (TPSA) is 91.6 Å². The molecule has 0 unspecified atom stereocenters. The lowest BCUT2D eigenvalue weighted by Crippen LogP contribution is -2.26. The molecule has 1 atom stereocenters. The lowest BCUT2D eigenvalue weighted by atomic mass is 9.96. The van der Waals surface area contributed by atoms with E-state index in [1.165, 1.54) is 5.56 Å². The summed E-state index contributed by atoms with van der Waals surface area (Å²) in [4.78, 5) is 22.8. The fourth-order valence-corrected chi connectivity index (χ4v) is 4.31. The molecule has 0 saturated heterocycles. The van der Waals surface area contributed by atoms with E-state index in [0.29, 0.717) is 11.5 Å². The summed E-state index contributed by atoms with van der Waals surface area (Å²) in [6.45, 7) is 4.54. The van der Waals surface area contributed by atoms with Gasteiger partial charge in [-0.2, -0.15) is 0 Å². The Hall–Kier alpha value is -4.06. The SMILES string of the molecule is CC(C)C[C@H](Cc1ccc(-c2cc3ccccc3o2)cc1)Nc1ccc(C(=O)NCCC(=O)O)cc1. The number of nitrogens with one attached hydrogen (secondary N) is 2. The number of aliphatic carboxylic acids is 1. The number of amides is 1. The molecule has 0 fully saturated rings. The summed E-state index contributed by atoms with van der Waals surface area (Å²) in [6.07, 6.45) is 1.78. The van der Waals surface area contributed by atoms with Gasteiger partial charge < -0.3 is 20.2 Å². The molecule has 6 heteroatoms. The third-order valence-corrected chi connectivity index (χ3v) is 6.04. The van der Waals surface area contributed by atoms with E-state index < -0.39 is 5.97 Å². The number of carboxylic acid groups (broad SMARTS) is 1. The van der Waals surface area contributed by atoms with Gasteiger partial charge in [-0.15, -0.1) is 0 Å². The summed E-state index contributed by atoms with van der Waals surface area (Å²) < 4.78 is 6.00. The number of carboxylic acids is 1. The largest absolute Gasteiger partial charge is 0.481 e. The van der Waals surface area contributed by atoms with Crippen LogP contribution in [0.2, 0.25) is 0 Å². The molecule has 36 heavy (non-hydrogen) atoms. The summed E-state index contributed by atoms with van der Waals surface area (Å²) in [7, 11) is 0. The summed E-state index contributed by atoms with van der Waals surface area (Å²) in [5, 5.41) is 16.1. The van der Waals surface area contributed by atoms with Crippen molar-refractivity contribution in [3.63, 3.8) is 0 Å². The first kappa shape index (κ1) is 25.0. The molecule has 0 saturated carbocycles. The molecule has 4 aromatic rings. The lowest BCUT2D eigenvalue weighted by molar-refractivity contribution is -0.136. The molecule has 0 aliphatic rings. The summed E-state index contributed by atoms with van der Waals surface area (Å²) >= 11 is 0. The molecule has 1 aromatic heterocycles. The molecular weight excluding hydrogens is 452 g/mol. The number of anilines is 1. The average Bonchev–Trinajstić information content (AvgIpc) is 3.28. The van der Waals surface area contributed by atoms with E-state index in [4.69, 9.17) is 9.52 Å². The van der Waals surface area contributed by atoms with Crippen LogP contribution in [-0.2, 0) is 11.2 Å². The van der Waals surface area contributed by atoms with Gasteiger partial charge in [-0.3, -0.25) is 9.59 Å². The smallest absolute Gasteiger partial charge is 0.305 e. The van der Waals surface area contributed by atoms with E-state index in [1.807, 2.05) is 30.3 Å². The first-order valence-electron chi connectivity index (χ1n) is 12.3. The number of fused-ring (bicyclic) bond motifs is 1. The third kappa shape index (κ3) is 6.75. The highest BCUT2D eigenvalue weighted by Gasteiger charge is 2.14. The number of rotatable bonds is 11. The van der Waals surface area contributed by atoms with Crippen LogP contribution >= 0.6 is 0 Å². The minimum Gasteiger partial charge on any atom is -0.481 e. The van der Waals surface area contributed by atoms with Crippen LogP contribution in [-0.4, -0.2) is 29.6 Å². The van der Waals surface area contributed by atoms with Gasteiger partial charge in [-0.1, -0.05) is 56.3 Å². The second-order valence-electron chi connectivity index (χ2n) is 9.50. The van der Waals surface area contributed by atoms with E-state index in [-0.39, 0.29) is 24.9 Å². The fourth-order valence-electron chi connectivity index (χ4n) is 4.31. The first-order valence-corrected chi connectivity index (χ1v) is 12.3. The van der Waals surface area contributed by atoms with E-state index >= 15 is 0 Å². The first-order chi connectivity index (χ1) is 17.4. The monoisotopic (exact) mass is 484 g/mol. The molecule has 0 bridgehead atoms. The van der Waals surface area contributed by atoms with Crippen molar-refractivity contribution in [2.45, 2.75) is 39.2 Å². The van der Waals surface area contributed by atoms with E-state index in [1.54, 1.807) is 12.1 Å². The third-order valence-electron chi connectivity index (χ3n) is 6.04. The zero-order valence-electron chi connectivity index (χ0n) is 20.7. The molecule has 4 rings (SSSR count). The fraction of sp³-hybridized carbons (Fsp3) is 0.267. The van der Waals surface area contributed by atoms with Gasteiger partial charge in [-0.25, -0.2) is 0 Å². The number of para-hydroxylation sites is 1. The molecule has 0 aliphatic carbocycles. The van der Waals surface area contributed by atoms with Crippen molar-refractivity contribution in [3.8, 4) is 11.3 Å². The minimum atomic E-state index is -0.935. The van der Waals surface area contributed by atoms with Crippen molar-refractivity contribution in [3.05, 3.63) is 90.0 Å². The maximum absolute atomic E-state index is 12.2. The van der Waals surface area contributed by atoms with E-state index in [2.05, 4.69) is 60.9 Å². The number of hydrogen-bond donors (Lipinski definition) is 3. The minimum absolute atomic E-state index is 0.0957. The number of furan rings is 1. The van der Waals surface area contributed by atoms with Gasteiger partial charge in [0.2, 0.25) is 0 Å². The predicted octanol–water partition coefficient (Wildman–Crippen LogP) is 6.37. The van der Waals surface area contributed by atoms with Crippen LogP contribution < -0.4 is 10.6 Å². The van der Waals surface area contributed by atoms with Crippen LogP contribution in [0.15, 0.2) is 83.3 Å². The van der Waals surface area contributed by atoms with Gasteiger partial charge in [0.25, 0.3) is 5.91 Å². The Morgan fingerprint density at radius 2 is 1.67 bits per heavy atom. The van der Waals surface area contributed by atoms with Crippen LogP contribution in [0.5, 0.6) is 0 Å². The number of carbonyl (C=O) groups is 2. The highest BCUT2D eigenvalue weighted by Crippen LogP contribution is 2.28. The molecule has 0 radical (unpaired) electrons. The standard InChI is InChI=1S/C30H32N2O4/c1-20(2)17-26(32-25-13-11-23(12-14-25)30(35)31-16-15-29(33)34)18-21-7-9-22(10-8-21)28-19-24-5-3-4-6-27(24)36-28/h3-14,19-20,26,32H,15-18H2,1-2H3,(H,31,35)(H,33,34)/t26-/m1/s1. The number of carbonyl (C=O) groups excluding carboxylic acids is 1. The van der Waals surface area contributed by atoms with E-state index in [9.17, 15) is 9.59 Å². The molecule has 0 spiro atoms. The Morgan fingerprint density at radius 1 is 0.944 bits per heavy atom. The molecule has 186 valence electrons. The van der Waals surface area contributed by atoms with Gasteiger partial charge in [0.15, 0.2) is 0 Å². The normalized spacial score (nSPS) is 12.0. The van der Waals surface area contributed by atoms with Crippen molar-refractivity contribution in [2.75, 3.05) is 11.9 Å². The Kier molecular flexibility index (Phi) is 8.06. The van der Waals surface area contributed by atoms with Crippen molar-refractivity contribution in [2.24, 2.45) is 5.92 Å².